The first-order chi connectivity index (χ1) is 6.06. The Morgan fingerprint density at radius 3 is 2.46 bits per heavy atom. The van der Waals surface area contributed by atoms with Crippen LogP contribution in [0.15, 0.2) is 12.1 Å². The molecule has 0 fully saturated rings. The average molecular weight is 207 g/mol. The number of hydrazine groups is 1. The zero-order valence-corrected chi connectivity index (χ0v) is 7.70. The average Bonchev–Trinajstić information content (AvgIpc) is 2.10. The fourth-order valence-corrected chi connectivity index (χ4v) is 1.27. The second-order valence-corrected chi connectivity index (χ2v) is 3.08. The van der Waals surface area contributed by atoms with Crippen LogP contribution in [0.1, 0.15) is 18.5 Å². The van der Waals surface area contributed by atoms with Gasteiger partial charge in [0.15, 0.2) is 11.6 Å². The summed E-state index contributed by atoms with van der Waals surface area (Å²) in [4.78, 5) is 0. The number of halogens is 3. The molecular weight excluding hydrogens is 198 g/mol. The van der Waals surface area contributed by atoms with Crippen LogP contribution in [0.3, 0.4) is 0 Å². The normalized spacial score (nSPS) is 13.0. The molecule has 0 aliphatic heterocycles. The lowest BCUT2D eigenvalue weighted by atomic mass is 10.1. The lowest BCUT2D eigenvalue weighted by molar-refractivity contribution is 0.502. The number of nitrogens with two attached hydrogens (primary N) is 1. The van der Waals surface area contributed by atoms with Crippen molar-refractivity contribution < 1.29 is 8.78 Å². The molecule has 0 saturated carbocycles. The van der Waals surface area contributed by atoms with Crippen molar-refractivity contribution in [3.05, 3.63) is 34.4 Å². The molecular formula is C8H9ClF2N2. The van der Waals surface area contributed by atoms with Gasteiger partial charge in [0.2, 0.25) is 0 Å². The Morgan fingerprint density at radius 2 is 1.92 bits per heavy atom. The highest BCUT2D eigenvalue weighted by molar-refractivity contribution is 6.31. The van der Waals surface area contributed by atoms with Crippen molar-refractivity contribution in [3.8, 4) is 0 Å². The SMILES string of the molecule is C[C@H](NN)c1cc(F)c(F)cc1Cl. The standard InChI is InChI=1S/C8H9ClF2N2/c1-4(13-12)5-2-7(10)8(11)3-6(5)9/h2-4,13H,12H2,1H3/t4-/m0/s1. The topological polar surface area (TPSA) is 38.0 Å². The predicted molar refractivity (Wildman–Crippen MR) is 47.1 cm³/mol. The van der Waals surface area contributed by atoms with Gasteiger partial charge in [0.1, 0.15) is 0 Å². The van der Waals surface area contributed by atoms with Crippen LogP contribution >= 0.6 is 11.6 Å². The molecule has 1 aromatic rings. The van der Waals surface area contributed by atoms with Crippen molar-refractivity contribution in [3.63, 3.8) is 0 Å². The van der Waals surface area contributed by atoms with Gasteiger partial charge in [0.25, 0.3) is 0 Å². The van der Waals surface area contributed by atoms with E-state index in [4.69, 9.17) is 17.4 Å². The van der Waals surface area contributed by atoms with Crippen molar-refractivity contribution >= 4 is 11.6 Å². The van der Waals surface area contributed by atoms with Gasteiger partial charge in [-0.25, -0.2) is 8.78 Å². The summed E-state index contributed by atoms with van der Waals surface area (Å²) >= 11 is 5.67. The molecule has 72 valence electrons. The number of nitrogens with one attached hydrogen (secondary N) is 1. The van der Waals surface area contributed by atoms with E-state index in [1.165, 1.54) is 0 Å². The van der Waals surface area contributed by atoms with Gasteiger partial charge in [0, 0.05) is 11.1 Å². The van der Waals surface area contributed by atoms with Crippen LogP contribution in [-0.4, -0.2) is 0 Å². The van der Waals surface area contributed by atoms with Crippen molar-refractivity contribution in [2.24, 2.45) is 5.84 Å². The molecule has 0 bridgehead atoms. The van der Waals surface area contributed by atoms with Crippen molar-refractivity contribution in [1.82, 2.24) is 5.43 Å². The van der Waals surface area contributed by atoms with E-state index >= 15 is 0 Å². The Labute approximate surface area is 79.7 Å². The van der Waals surface area contributed by atoms with Gasteiger partial charge in [-0.15, -0.1) is 0 Å². The molecule has 1 rings (SSSR count). The Balaban J connectivity index is 3.15. The van der Waals surface area contributed by atoms with E-state index < -0.39 is 11.6 Å². The molecule has 0 radical (unpaired) electrons. The zero-order chi connectivity index (χ0) is 10.0. The summed E-state index contributed by atoms with van der Waals surface area (Å²) in [6.07, 6.45) is 0. The summed E-state index contributed by atoms with van der Waals surface area (Å²) in [5, 5.41) is 0.157. The van der Waals surface area contributed by atoms with Gasteiger partial charge in [-0.1, -0.05) is 11.6 Å². The maximum absolute atomic E-state index is 12.8. The first kappa shape index (κ1) is 10.4. The highest BCUT2D eigenvalue weighted by Crippen LogP contribution is 2.24. The fraction of sp³-hybridized carbons (Fsp3) is 0.250. The van der Waals surface area contributed by atoms with Crippen LogP contribution in [0.4, 0.5) is 8.78 Å². The van der Waals surface area contributed by atoms with E-state index in [-0.39, 0.29) is 11.1 Å². The van der Waals surface area contributed by atoms with Crippen LogP contribution in [0.25, 0.3) is 0 Å². The number of rotatable bonds is 2. The summed E-state index contributed by atoms with van der Waals surface area (Å²) < 4.78 is 25.4. The number of hydrogen-bond acceptors (Lipinski definition) is 2. The minimum absolute atomic E-state index is 0.157. The van der Waals surface area contributed by atoms with E-state index in [2.05, 4.69) is 5.43 Å². The van der Waals surface area contributed by atoms with Crippen LogP contribution in [-0.2, 0) is 0 Å². The summed E-state index contributed by atoms with van der Waals surface area (Å²) in [5.74, 6) is 3.25. The molecule has 0 unspecified atom stereocenters. The molecule has 0 amide bonds. The molecule has 13 heavy (non-hydrogen) atoms. The van der Waals surface area contributed by atoms with E-state index in [0.29, 0.717) is 5.56 Å². The fourth-order valence-electron chi connectivity index (χ4n) is 0.960. The minimum Gasteiger partial charge on any atom is -0.271 e. The van der Waals surface area contributed by atoms with Gasteiger partial charge < -0.3 is 0 Å². The molecule has 0 aromatic heterocycles. The summed E-state index contributed by atoms with van der Waals surface area (Å²) in [7, 11) is 0. The van der Waals surface area contributed by atoms with Gasteiger partial charge >= 0.3 is 0 Å². The molecule has 0 spiro atoms. The van der Waals surface area contributed by atoms with Crippen LogP contribution in [0, 0.1) is 11.6 Å². The molecule has 0 aliphatic rings. The Bertz CT molecular complexity index is 317. The van der Waals surface area contributed by atoms with Gasteiger partial charge in [-0.2, -0.15) is 0 Å². The molecule has 3 N–H and O–H groups in total. The number of hydrogen-bond donors (Lipinski definition) is 2. The second-order valence-electron chi connectivity index (χ2n) is 2.68. The molecule has 0 heterocycles. The second kappa shape index (κ2) is 4.00. The number of benzene rings is 1. The lowest BCUT2D eigenvalue weighted by Crippen LogP contribution is -2.26. The highest BCUT2D eigenvalue weighted by atomic mass is 35.5. The summed E-state index contributed by atoms with van der Waals surface area (Å²) in [6, 6.07) is 1.64. The first-order valence-corrected chi connectivity index (χ1v) is 4.04. The summed E-state index contributed by atoms with van der Waals surface area (Å²) in [6.45, 7) is 1.69. The van der Waals surface area contributed by atoms with Crippen molar-refractivity contribution in [1.29, 1.82) is 0 Å². The molecule has 2 nitrogen and oxygen atoms in total. The molecule has 1 atom stereocenters. The molecule has 1 aromatic carbocycles. The van der Waals surface area contributed by atoms with Crippen molar-refractivity contribution in [2.45, 2.75) is 13.0 Å². The minimum atomic E-state index is -0.960. The molecule has 5 heteroatoms. The van der Waals surface area contributed by atoms with Crippen LogP contribution in [0.5, 0.6) is 0 Å². The predicted octanol–water partition coefficient (Wildman–Crippen LogP) is 2.14. The zero-order valence-electron chi connectivity index (χ0n) is 6.94. The van der Waals surface area contributed by atoms with E-state index in [0.717, 1.165) is 12.1 Å². The van der Waals surface area contributed by atoms with Gasteiger partial charge in [-0.05, 0) is 24.6 Å². The highest BCUT2D eigenvalue weighted by Gasteiger charge is 2.12. The monoisotopic (exact) mass is 206 g/mol. The van der Waals surface area contributed by atoms with Gasteiger partial charge in [0.05, 0.1) is 0 Å². The maximum Gasteiger partial charge on any atom is 0.160 e. The van der Waals surface area contributed by atoms with Crippen molar-refractivity contribution in [2.75, 3.05) is 0 Å². The first-order valence-electron chi connectivity index (χ1n) is 3.67. The smallest absolute Gasteiger partial charge is 0.160 e. The van der Waals surface area contributed by atoms with E-state index in [1.807, 2.05) is 0 Å². The summed E-state index contributed by atoms with van der Waals surface area (Å²) in [5.41, 5.74) is 2.83. The lowest BCUT2D eigenvalue weighted by Gasteiger charge is -2.12. The third-order valence-electron chi connectivity index (χ3n) is 1.76. The van der Waals surface area contributed by atoms with E-state index in [1.54, 1.807) is 6.92 Å². The largest absolute Gasteiger partial charge is 0.271 e. The van der Waals surface area contributed by atoms with Gasteiger partial charge in [-0.3, -0.25) is 11.3 Å². The van der Waals surface area contributed by atoms with Crippen LogP contribution in [0.2, 0.25) is 5.02 Å². The quantitative estimate of drug-likeness (QED) is 0.442. The van der Waals surface area contributed by atoms with Crippen LogP contribution < -0.4 is 11.3 Å². The Morgan fingerprint density at radius 1 is 1.38 bits per heavy atom. The molecule has 0 saturated heterocycles. The third-order valence-corrected chi connectivity index (χ3v) is 2.08. The Hall–Kier alpha value is -0.710. The molecule has 0 aliphatic carbocycles. The maximum atomic E-state index is 12.8. The van der Waals surface area contributed by atoms with E-state index in [9.17, 15) is 8.78 Å². The Kier molecular flexibility index (Phi) is 3.19. The third kappa shape index (κ3) is 2.15.